The summed E-state index contributed by atoms with van der Waals surface area (Å²) >= 11 is 3.39. The van der Waals surface area contributed by atoms with E-state index in [1.807, 2.05) is 11.8 Å². The first kappa shape index (κ1) is 13.2. The number of nitrogens with zero attached hydrogens (tertiary/aromatic N) is 1. The monoisotopic (exact) mass is 295 g/mol. The van der Waals surface area contributed by atoms with E-state index in [4.69, 9.17) is 0 Å². The second-order valence-corrected chi connectivity index (χ2v) is 6.72. The molecule has 1 rings (SSSR count). The molecule has 1 fully saturated rings. The van der Waals surface area contributed by atoms with Gasteiger partial charge in [-0.05, 0) is 26.2 Å². The second kappa shape index (κ2) is 5.99. The van der Waals surface area contributed by atoms with Crippen molar-refractivity contribution in [3.05, 3.63) is 0 Å². The lowest BCUT2D eigenvalue weighted by molar-refractivity contribution is -0.134. The summed E-state index contributed by atoms with van der Waals surface area (Å²) in [5, 5.41) is 0. The maximum Gasteiger partial charge on any atom is 0.236 e. The van der Waals surface area contributed by atoms with Crippen LogP contribution in [0.25, 0.3) is 0 Å². The van der Waals surface area contributed by atoms with Gasteiger partial charge in [0.15, 0.2) is 0 Å². The van der Waals surface area contributed by atoms with Crippen LogP contribution in [-0.2, 0) is 15.6 Å². The van der Waals surface area contributed by atoms with Gasteiger partial charge in [-0.3, -0.25) is 9.00 Å². The van der Waals surface area contributed by atoms with Crippen LogP contribution in [0.15, 0.2) is 0 Å². The number of hydrogen-bond donors (Lipinski definition) is 0. The van der Waals surface area contributed by atoms with Crippen LogP contribution in [0.1, 0.15) is 26.2 Å². The van der Waals surface area contributed by atoms with Gasteiger partial charge in [0.1, 0.15) is 0 Å². The Bertz CT molecular complexity index is 260. The van der Waals surface area contributed by atoms with Gasteiger partial charge in [-0.1, -0.05) is 15.9 Å². The molecule has 1 heterocycles. The Balaban J connectivity index is 2.47. The third-order valence-corrected chi connectivity index (χ3v) is 4.42. The first-order chi connectivity index (χ1) is 7.02. The first-order valence-electron chi connectivity index (χ1n) is 5.27. The summed E-state index contributed by atoms with van der Waals surface area (Å²) in [6.45, 7) is 2.88. The summed E-state index contributed by atoms with van der Waals surface area (Å²) in [5.74, 6) is 0.869. The van der Waals surface area contributed by atoms with E-state index < -0.39 is 10.8 Å². The molecule has 3 atom stereocenters. The van der Waals surface area contributed by atoms with Gasteiger partial charge >= 0.3 is 0 Å². The third kappa shape index (κ3) is 3.87. The average Bonchev–Trinajstić information content (AvgIpc) is 2.18. The zero-order valence-electron chi connectivity index (χ0n) is 9.24. The molecule has 15 heavy (non-hydrogen) atoms. The van der Waals surface area contributed by atoms with Crippen molar-refractivity contribution in [2.45, 2.75) is 37.1 Å². The zero-order chi connectivity index (χ0) is 11.4. The molecule has 0 N–H and O–H groups in total. The van der Waals surface area contributed by atoms with Crippen LogP contribution in [0.4, 0.5) is 0 Å². The summed E-state index contributed by atoms with van der Waals surface area (Å²) < 4.78 is 11.0. The standard InChI is InChI=1S/C10H18BrNO2S/c1-8(5-7-15(2)14)12-6-3-4-9(11)10(12)13/h8-9H,3-7H2,1-2H3. The summed E-state index contributed by atoms with van der Waals surface area (Å²) in [7, 11) is -0.760. The maximum atomic E-state index is 11.8. The van der Waals surface area contributed by atoms with Crippen LogP contribution in [0.2, 0.25) is 0 Å². The third-order valence-electron chi connectivity index (χ3n) is 2.76. The first-order valence-corrected chi connectivity index (χ1v) is 7.91. The highest BCUT2D eigenvalue weighted by molar-refractivity contribution is 9.10. The van der Waals surface area contributed by atoms with Gasteiger partial charge in [-0.2, -0.15) is 0 Å². The summed E-state index contributed by atoms with van der Waals surface area (Å²) in [4.78, 5) is 13.7. The highest BCUT2D eigenvalue weighted by Gasteiger charge is 2.29. The molecule has 5 heteroatoms. The highest BCUT2D eigenvalue weighted by Crippen LogP contribution is 2.21. The molecule has 3 unspecified atom stereocenters. The van der Waals surface area contributed by atoms with Crippen molar-refractivity contribution in [3.8, 4) is 0 Å². The Kier molecular flexibility index (Phi) is 5.26. The van der Waals surface area contributed by atoms with E-state index in [1.165, 1.54) is 0 Å². The van der Waals surface area contributed by atoms with Crippen LogP contribution < -0.4 is 0 Å². The van der Waals surface area contributed by atoms with Crippen LogP contribution in [0, 0.1) is 0 Å². The number of halogens is 1. The number of likely N-dealkylation sites (tertiary alicyclic amines) is 1. The molecule has 1 aliphatic heterocycles. The number of alkyl halides is 1. The Morgan fingerprint density at radius 2 is 2.33 bits per heavy atom. The van der Waals surface area contributed by atoms with Crippen LogP contribution in [0.3, 0.4) is 0 Å². The molecular formula is C10H18BrNO2S. The van der Waals surface area contributed by atoms with E-state index in [0.29, 0.717) is 5.75 Å². The van der Waals surface area contributed by atoms with Crippen molar-refractivity contribution < 1.29 is 9.00 Å². The molecule has 3 nitrogen and oxygen atoms in total. The molecule has 0 radical (unpaired) electrons. The predicted octanol–water partition coefficient (Wildman–Crippen LogP) is 1.53. The van der Waals surface area contributed by atoms with E-state index in [9.17, 15) is 9.00 Å². The minimum atomic E-state index is -0.760. The van der Waals surface area contributed by atoms with Crippen molar-refractivity contribution in [2.24, 2.45) is 0 Å². The van der Waals surface area contributed by atoms with Gasteiger partial charge in [-0.25, -0.2) is 0 Å². The van der Waals surface area contributed by atoms with Gasteiger partial charge < -0.3 is 4.90 Å². The Morgan fingerprint density at radius 3 is 2.93 bits per heavy atom. The van der Waals surface area contributed by atoms with E-state index in [-0.39, 0.29) is 16.8 Å². The minimum absolute atomic E-state index is 0.0131. The fourth-order valence-corrected chi connectivity index (χ4v) is 3.04. The molecule has 1 saturated heterocycles. The van der Waals surface area contributed by atoms with Crippen molar-refractivity contribution in [2.75, 3.05) is 18.6 Å². The fourth-order valence-electron chi connectivity index (χ4n) is 1.78. The van der Waals surface area contributed by atoms with Gasteiger partial charge in [-0.15, -0.1) is 0 Å². The number of carbonyl (C=O) groups excluding carboxylic acids is 1. The number of rotatable bonds is 4. The van der Waals surface area contributed by atoms with Gasteiger partial charge in [0.25, 0.3) is 0 Å². The number of hydrogen-bond acceptors (Lipinski definition) is 2. The van der Waals surface area contributed by atoms with Crippen LogP contribution in [0.5, 0.6) is 0 Å². The fraction of sp³-hybridized carbons (Fsp3) is 0.900. The smallest absolute Gasteiger partial charge is 0.236 e. The molecular weight excluding hydrogens is 278 g/mol. The molecule has 0 spiro atoms. The largest absolute Gasteiger partial charge is 0.339 e. The van der Waals surface area contributed by atoms with Gasteiger partial charge in [0, 0.05) is 35.4 Å². The predicted molar refractivity (Wildman–Crippen MR) is 66.7 cm³/mol. The van der Waals surface area contributed by atoms with Crippen LogP contribution in [-0.4, -0.2) is 44.4 Å². The minimum Gasteiger partial charge on any atom is -0.339 e. The lowest BCUT2D eigenvalue weighted by atomic mass is 10.1. The van der Waals surface area contributed by atoms with Gasteiger partial charge in [0.2, 0.25) is 5.91 Å². The zero-order valence-corrected chi connectivity index (χ0v) is 11.6. The van der Waals surface area contributed by atoms with Crippen LogP contribution >= 0.6 is 15.9 Å². The Labute approximate surface area is 102 Å². The average molecular weight is 296 g/mol. The lowest BCUT2D eigenvalue weighted by Crippen LogP contribution is -2.47. The van der Waals surface area contributed by atoms with Crippen molar-refractivity contribution >= 4 is 32.6 Å². The molecule has 88 valence electrons. The summed E-state index contributed by atoms with van der Waals surface area (Å²) in [6, 6.07) is 0.210. The van der Waals surface area contributed by atoms with E-state index in [1.54, 1.807) is 6.26 Å². The molecule has 0 aromatic heterocycles. The van der Waals surface area contributed by atoms with E-state index in [0.717, 1.165) is 25.8 Å². The second-order valence-electron chi connectivity index (χ2n) is 4.06. The molecule has 0 saturated carbocycles. The number of carbonyl (C=O) groups is 1. The van der Waals surface area contributed by atoms with Gasteiger partial charge in [0.05, 0.1) is 4.83 Å². The lowest BCUT2D eigenvalue weighted by Gasteiger charge is -2.34. The molecule has 0 bridgehead atoms. The normalized spacial score (nSPS) is 26.5. The number of amides is 1. The quantitative estimate of drug-likeness (QED) is 0.738. The Hall–Kier alpha value is 0.1000. The summed E-state index contributed by atoms with van der Waals surface area (Å²) in [6.07, 6.45) is 4.52. The maximum absolute atomic E-state index is 11.8. The van der Waals surface area contributed by atoms with Crippen molar-refractivity contribution in [3.63, 3.8) is 0 Å². The summed E-state index contributed by atoms with van der Waals surface area (Å²) in [5.41, 5.74) is 0. The SMILES string of the molecule is CC(CCS(C)=O)N1CCCC(Br)C1=O. The topological polar surface area (TPSA) is 37.4 Å². The molecule has 1 aliphatic rings. The van der Waals surface area contributed by atoms with Crippen molar-refractivity contribution in [1.29, 1.82) is 0 Å². The number of piperidine rings is 1. The highest BCUT2D eigenvalue weighted by atomic mass is 79.9. The van der Waals surface area contributed by atoms with E-state index in [2.05, 4.69) is 15.9 Å². The van der Waals surface area contributed by atoms with E-state index >= 15 is 0 Å². The molecule has 0 aliphatic carbocycles. The van der Waals surface area contributed by atoms with Crippen molar-refractivity contribution in [1.82, 2.24) is 4.90 Å². The molecule has 0 aromatic rings. The Morgan fingerprint density at radius 1 is 1.67 bits per heavy atom. The molecule has 1 amide bonds. The molecule has 0 aromatic carbocycles.